The minimum Gasteiger partial charge on any atom is -0.497 e. The topological polar surface area (TPSA) is 83.7 Å². The molecule has 1 aromatic heterocycles. The van der Waals surface area contributed by atoms with Crippen molar-refractivity contribution in [2.45, 2.75) is 13.0 Å². The largest absolute Gasteiger partial charge is 0.497 e. The van der Waals surface area contributed by atoms with E-state index in [0.717, 1.165) is 43.1 Å². The van der Waals surface area contributed by atoms with Gasteiger partial charge in [-0.15, -0.1) is 0 Å². The van der Waals surface area contributed by atoms with Crippen molar-refractivity contribution < 1.29 is 18.4 Å². The number of benzene rings is 2. The molecular formula is C24H28FN5O3. The Kier molecular flexibility index (Phi) is 7.64. The first kappa shape index (κ1) is 22.9. The standard InChI is InChI=1S/C24H28FN5O3/c1-32-21-8-4-19(5-9-21)24-27-23(33-28-24)17-30-14-12-29(13-15-30)16-22(31)26-11-10-18-2-6-20(25)7-3-18/h2-9H,10-17H2,1H3,(H,26,31). The van der Waals surface area contributed by atoms with Gasteiger partial charge in [-0.1, -0.05) is 17.3 Å². The fourth-order valence-electron chi connectivity index (χ4n) is 3.73. The van der Waals surface area contributed by atoms with Gasteiger partial charge in [0.05, 0.1) is 20.2 Å². The molecule has 2 heterocycles. The molecule has 0 spiro atoms. The van der Waals surface area contributed by atoms with Gasteiger partial charge >= 0.3 is 0 Å². The number of piperazine rings is 1. The molecule has 1 saturated heterocycles. The van der Waals surface area contributed by atoms with E-state index in [0.29, 0.717) is 37.8 Å². The summed E-state index contributed by atoms with van der Waals surface area (Å²) in [5.74, 6) is 1.67. The first-order chi connectivity index (χ1) is 16.1. The van der Waals surface area contributed by atoms with Crippen molar-refractivity contribution in [3.63, 3.8) is 0 Å². The van der Waals surface area contributed by atoms with Gasteiger partial charge in [0.1, 0.15) is 11.6 Å². The SMILES string of the molecule is COc1ccc(-c2noc(CN3CCN(CC(=O)NCCc4ccc(F)cc4)CC3)n2)cc1. The summed E-state index contributed by atoms with van der Waals surface area (Å²) in [6.07, 6.45) is 0.683. The second-order valence-electron chi connectivity index (χ2n) is 8.02. The van der Waals surface area contributed by atoms with Crippen LogP contribution in [0.4, 0.5) is 4.39 Å². The van der Waals surface area contributed by atoms with Gasteiger partial charge in [-0.3, -0.25) is 14.6 Å². The highest BCUT2D eigenvalue weighted by Gasteiger charge is 2.21. The molecule has 0 unspecified atom stereocenters. The first-order valence-electron chi connectivity index (χ1n) is 11.0. The van der Waals surface area contributed by atoms with E-state index in [1.807, 2.05) is 24.3 Å². The van der Waals surface area contributed by atoms with Crippen molar-refractivity contribution in [3.8, 4) is 17.1 Å². The van der Waals surface area contributed by atoms with Crippen LogP contribution in [0.1, 0.15) is 11.5 Å². The maximum absolute atomic E-state index is 12.9. The Hall–Kier alpha value is -3.30. The number of carbonyl (C=O) groups is 1. The van der Waals surface area contributed by atoms with E-state index in [1.54, 1.807) is 19.2 Å². The predicted molar refractivity (Wildman–Crippen MR) is 121 cm³/mol. The number of nitrogens with zero attached hydrogens (tertiary/aromatic N) is 4. The van der Waals surface area contributed by atoms with Gasteiger partial charge in [0, 0.05) is 38.3 Å². The third-order valence-corrected chi connectivity index (χ3v) is 5.66. The Balaban J connectivity index is 1.16. The molecule has 1 fully saturated rings. The van der Waals surface area contributed by atoms with Gasteiger partial charge in [0.2, 0.25) is 17.6 Å². The molecule has 1 amide bonds. The Labute approximate surface area is 192 Å². The lowest BCUT2D eigenvalue weighted by Gasteiger charge is -2.33. The number of nitrogens with one attached hydrogen (secondary N) is 1. The van der Waals surface area contributed by atoms with Crippen LogP contribution in [0.2, 0.25) is 0 Å². The van der Waals surface area contributed by atoms with Gasteiger partial charge in [-0.25, -0.2) is 4.39 Å². The maximum atomic E-state index is 12.9. The second-order valence-corrected chi connectivity index (χ2v) is 8.02. The number of ether oxygens (including phenoxy) is 1. The average Bonchev–Trinajstić information content (AvgIpc) is 3.30. The molecule has 1 aliphatic rings. The first-order valence-corrected chi connectivity index (χ1v) is 11.0. The third-order valence-electron chi connectivity index (χ3n) is 5.66. The van der Waals surface area contributed by atoms with Gasteiger partial charge in [0.25, 0.3) is 0 Å². The van der Waals surface area contributed by atoms with Crippen LogP contribution >= 0.6 is 0 Å². The van der Waals surface area contributed by atoms with Crippen molar-refractivity contribution in [1.29, 1.82) is 0 Å². The van der Waals surface area contributed by atoms with E-state index in [4.69, 9.17) is 9.26 Å². The molecule has 9 heteroatoms. The Morgan fingerprint density at radius 2 is 1.76 bits per heavy atom. The molecule has 0 aliphatic carbocycles. The van der Waals surface area contributed by atoms with E-state index < -0.39 is 0 Å². The number of methoxy groups -OCH3 is 1. The third kappa shape index (κ3) is 6.59. The van der Waals surface area contributed by atoms with E-state index in [9.17, 15) is 9.18 Å². The second kappa shape index (κ2) is 11.0. The lowest BCUT2D eigenvalue weighted by atomic mass is 10.1. The lowest BCUT2D eigenvalue weighted by Crippen LogP contribution is -2.49. The van der Waals surface area contributed by atoms with Gasteiger partial charge in [-0.05, 0) is 48.4 Å². The van der Waals surface area contributed by atoms with Crippen LogP contribution in [-0.4, -0.2) is 72.2 Å². The highest BCUT2D eigenvalue weighted by molar-refractivity contribution is 5.78. The summed E-state index contributed by atoms with van der Waals surface area (Å²) in [5.41, 5.74) is 1.88. The van der Waals surface area contributed by atoms with Crippen molar-refractivity contribution in [3.05, 3.63) is 65.8 Å². The summed E-state index contributed by atoms with van der Waals surface area (Å²) in [7, 11) is 1.63. The van der Waals surface area contributed by atoms with Crippen LogP contribution in [0.15, 0.2) is 53.1 Å². The zero-order valence-electron chi connectivity index (χ0n) is 18.7. The molecule has 174 valence electrons. The summed E-state index contributed by atoms with van der Waals surface area (Å²) in [6.45, 7) is 4.74. The van der Waals surface area contributed by atoms with Crippen LogP contribution < -0.4 is 10.1 Å². The lowest BCUT2D eigenvalue weighted by molar-refractivity contribution is -0.122. The highest BCUT2D eigenvalue weighted by atomic mass is 19.1. The molecule has 3 aromatic rings. The number of rotatable bonds is 9. The summed E-state index contributed by atoms with van der Waals surface area (Å²) in [6, 6.07) is 13.9. The molecule has 4 rings (SSSR count). The van der Waals surface area contributed by atoms with Gasteiger partial charge in [-0.2, -0.15) is 4.98 Å². The smallest absolute Gasteiger partial charge is 0.241 e. The number of halogens is 1. The van der Waals surface area contributed by atoms with Gasteiger partial charge in [0.15, 0.2) is 0 Å². The molecule has 1 N–H and O–H groups in total. The van der Waals surface area contributed by atoms with Crippen LogP contribution in [0.5, 0.6) is 5.75 Å². The van der Waals surface area contributed by atoms with Crippen molar-refractivity contribution in [2.24, 2.45) is 0 Å². The number of hydrogen-bond acceptors (Lipinski definition) is 7. The molecule has 1 aliphatic heterocycles. The zero-order chi connectivity index (χ0) is 23.0. The summed E-state index contributed by atoms with van der Waals surface area (Å²) in [5, 5.41) is 7.02. The maximum Gasteiger partial charge on any atom is 0.241 e. The molecule has 0 atom stereocenters. The Morgan fingerprint density at radius 3 is 2.45 bits per heavy atom. The quantitative estimate of drug-likeness (QED) is 0.533. The normalized spacial score (nSPS) is 14.8. The summed E-state index contributed by atoms with van der Waals surface area (Å²) in [4.78, 5) is 21.1. The fraction of sp³-hybridized carbons (Fsp3) is 0.375. The summed E-state index contributed by atoms with van der Waals surface area (Å²) < 4.78 is 23.5. The van der Waals surface area contributed by atoms with Crippen molar-refractivity contribution in [2.75, 3.05) is 46.4 Å². The van der Waals surface area contributed by atoms with Crippen molar-refractivity contribution in [1.82, 2.24) is 25.3 Å². The van der Waals surface area contributed by atoms with Crippen LogP contribution in [-0.2, 0) is 17.8 Å². The average molecular weight is 454 g/mol. The van der Waals surface area contributed by atoms with E-state index in [-0.39, 0.29) is 11.7 Å². The molecule has 0 radical (unpaired) electrons. The zero-order valence-corrected chi connectivity index (χ0v) is 18.7. The molecule has 8 nitrogen and oxygen atoms in total. The van der Waals surface area contributed by atoms with Crippen LogP contribution in [0.25, 0.3) is 11.4 Å². The highest BCUT2D eigenvalue weighted by Crippen LogP contribution is 2.20. The van der Waals surface area contributed by atoms with E-state index in [2.05, 4.69) is 25.3 Å². The van der Waals surface area contributed by atoms with E-state index in [1.165, 1.54) is 12.1 Å². The Morgan fingerprint density at radius 1 is 1.06 bits per heavy atom. The number of amides is 1. The monoisotopic (exact) mass is 453 g/mol. The number of hydrogen-bond donors (Lipinski definition) is 1. The fourth-order valence-corrected chi connectivity index (χ4v) is 3.73. The number of carbonyl (C=O) groups excluding carboxylic acids is 1. The van der Waals surface area contributed by atoms with Crippen LogP contribution in [0.3, 0.4) is 0 Å². The summed E-state index contributed by atoms with van der Waals surface area (Å²) >= 11 is 0. The molecule has 0 saturated carbocycles. The Bertz CT molecular complexity index is 1030. The predicted octanol–water partition coefficient (Wildman–Crippen LogP) is 2.36. The minimum atomic E-state index is -0.251. The van der Waals surface area contributed by atoms with Crippen LogP contribution in [0, 0.1) is 5.82 Å². The van der Waals surface area contributed by atoms with Gasteiger partial charge < -0.3 is 14.6 Å². The molecular weight excluding hydrogens is 425 g/mol. The molecule has 33 heavy (non-hydrogen) atoms. The van der Waals surface area contributed by atoms with Crippen molar-refractivity contribution >= 4 is 5.91 Å². The number of aromatic nitrogens is 2. The molecule has 2 aromatic carbocycles. The molecule has 0 bridgehead atoms. The van der Waals surface area contributed by atoms with E-state index >= 15 is 0 Å². The minimum absolute atomic E-state index is 0.00611.